The summed E-state index contributed by atoms with van der Waals surface area (Å²) >= 11 is 0. The molecule has 3 aromatic rings. The van der Waals surface area contributed by atoms with Crippen molar-refractivity contribution in [2.75, 3.05) is 28.4 Å². The van der Waals surface area contributed by atoms with Crippen LogP contribution in [0.3, 0.4) is 0 Å². The van der Waals surface area contributed by atoms with E-state index in [0.29, 0.717) is 11.5 Å². The Hall–Kier alpha value is -4.27. The number of nitrogens with one attached hydrogen (secondary N) is 1. The lowest BCUT2D eigenvalue weighted by atomic mass is 9.97. The van der Waals surface area contributed by atoms with Crippen molar-refractivity contribution in [1.82, 2.24) is 5.32 Å². The van der Waals surface area contributed by atoms with Gasteiger partial charge in [-0.15, -0.1) is 0 Å². The van der Waals surface area contributed by atoms with Gasteiger partial charge in [-0.1, -0.05) is 36.3 Å². The summed E-state index contributed by atoms with van der Waals surface area (Å²) in [6, 6.07) is 13.8. The number of carbonyl (C=O) groups excluding carboxylic acids is 2. The lowest BCUT2D eigenvalue weighted by molar-refractivity contribution is -0.144. The fourth-order valence-corrected chi connectivity index (χ4v) is 3.76. The molecular weight excluding hydrogens is 464 g/mol. The van der Waals surface area contributed by atoms with Crippen LogP contribution < -0.4 is 14.8 Å². The van der Waals surface area contributed by atoms with E-state index in [2.05, 4.69) is 17.4 Å². The molecule has 1 aromatic heterocycles. The Labute approximate surface area is 210 Å². The van der Waals surface area contributed by atoms with Crippen LogP contribution in [0.15, 0.2) is 64.4 Å². The lowest BCUT2D eigenvalue weighted by Gasteiger charge is -2.18. The van der Waals surface area contributed by atoms with Crippen LogP contribution in [0.4, 0.5) is 0 Å². The van der Waals surface area contributed by atoms with Crippen molar-refractivity contribution in [2.45, 2.75) is 25.8 Å². The molecule has 1 N–H and O–H groups in total. The minimum absolute atomic E-state index is 0.0959. The second-order valence-electron chi connectivity index (χ2n) is 7.78. The van der Waals surface area contributed by atoms with Gasteiger partial charge in [-0.3, -0.25) is 4.79 Å². The van der Waals surface area contributed by atoms with E-state index in [1.807, 2.05) is 36.4 Å². The molecule has 1 atom stereocenters. The largest absolute Gasteiger partial charge is 0.496 e. The van der Waals surface area contributed by atoms with Crippen LogP contribution in [0.5, 0.6) is 11.5 Å². The van der Waals surface area contributed by atoms with Crippen molar-refractivity contribution in [3.63, 3.8) is 0 Å². The van der Waals surface area contributed by atoms with Gasteiger partial charge in [0.15, 0.2) is 5.76 Å². The summed E-state index contributed by atoms with van der Waals surface area (Å²) in [6.07, 6.45) is 2.45. The molecule has 190 valence electrons. The zero-order chi connectivity index (χ0) is 26.1. The fraction of sp³-hybridized carbons (Fsp3) is 0.296. The van der Waals surface area contributed by atoms with Crippen LogP contribution in [0.1, 0.15) is 23.8 Å². The van der Waals surface area contributed by atoms with E-state index in [4.69, 9.17) is 23.5 Å². The number of aryl methyl sites for hydroxylation is 1. The van der Waals surface area contributed by atoms with E-state index in [9.17, 15) is 9.59 Å². The Balaban J connectivity index is 1.85. The van der Waals surface area contributed by atoms with Gasteiger partial charge in [-0.2, -0.15) is 0 Å². The smallest absolute Gasteiger partial charge is 0.328 e. The maximum Gasteiger partial charge on any atom is 0.328 e. The van der Waals surface area contributed by atoms with Gasteiger partial charge in [0, 0.05) is 6.42 Å². The Kier molecular flexibility index (Phi) is 9.10. The maximum atomic E-state index is 12.9. The topological polar surface area (TPSA) is 109 Å². The van der Waals surface area contributed by atoms with Crippen molar-refractivity contribution < 1.29 is 33.1 Å². The number of oxime groups is 1. The Bertz CT molecular complexity index is 1180. The van der Waals surface area contributed by atoms with Gasteiger partial charge in [-0.25, -0.2) is 4.79 Å². The van der Waals surface area contributed by atoms with Gasteiger partial charge in [-0.05, 0) is 47.4 Å². The van der Waals surface area contributed by atoms with E-state index in [-0.39, 0.29) is 17.9 Å². The number of carbonyl (C=O) groups is 2. The van der Waals surface area contributed by atoms with Crippen molar-refractivity contribution in [2.24, 2.45) is 5.16 Å². The molecule has 9 heteroatoms. The number of rotatable bonds is 11. The molecule has 9 nitrogen and oxygen atoms in total. The number of ether oxygens (including phenoxy) is 3. The molecule has 0 spiro atoms. The van der Waals surface area contributed by atoms with E-state index in [0.717, 1.165) is 28.7 Å². The van der Waals surface area contributed by atoms with Gasteiger partial charge < -0.3 is 28.8 Å². The second-order valence-corrected chi connectivity index (χ2v) is 7.78. The molecule has 0 saturated carbocycles. The summed E-state index contributed by atoms with van der Waals surface area (Å²) in [5.41, 5.74) is 3.54. The van der Waals surface area contributed by atoms with E-state index >= 15 is 0 Å². The minimum Gasteiger partial charge on any atom is -0.496 e. The third kappa shape index (κ3) is 6.04. The number of methoxy groups -OCH3 is 3. The average molecular weight is 495 g/mol. The number of hydrogen-bond donors (Lipinski definition) is 1. The van der Waals surface area contributed by atoms with Crippen molar-refractivity contribution in [3.05, 3.63) is 71.7 Å². The summed E-state index contributed by atoms with van der Waals surface area (Å²) in [6.45, 7) is 2.07. The molecule has 3 rings (SSSR count). The quantitative estimate of drug-likeness (QED) is 0.245. The average Bonchev–Trinajstić information content (AvgIpc) is 3.45. The molecule has 2 aromatic carbocycles. The fourth-order valence-electron chi connectivity index (χ4n) is 3.76. The highest BCUT2D eigenvalue weighted by atomic mass is 16.6. The van der Waals surface area contributed by atoms with Crippen molar-refractivity contribution >= 4 is 17.6 Å². The van der Waals surface area contributed by atoms with Gasteiger partial charge in [0.2, 0.25) is 5.71 Å². The maximum absolute atomic E-state index is 12.9. The van der Waals surface area contributed by atoms with E-state index < -0.39 is 17.9 Å². The summed E-state index contributed by atoms with van der Waals surface area (Å²) in [4.78, 5) is 30.1. The molecule has 0 aliphatic heterocycles. The number of esters is 1. The normalized spacial score (nSPS) is 12.0. The van der Waals surface area contributed by atoms with Gasteiger partial charge >= 0.3 is 5.97 Å². The highest BCUT2D eigenvalue weighted by Gasteiger charge is 2.27. The Morgan fingerprint density at radius 2 is 1.64 bits per heavy atom. The van der Waals surface area contributed by atoms with Crippen LogP contribution in [-0.4, -0.2) is 52.1 Å². The van der Waals surface area contributed by atoms with Gasteiger partial charge in [0.1, 0.15) is 24.7 Å². The zero-order valence-electron chi connectivity index (χ0n) is 21.0. The molecule has 0 saturated heterocycles. The summed E-state index contributed by atoms with van der Waals surface area (Å²) in [5.74, 6) is 0.397. The van der Waals surface area contributed by atoms with Crippen LogP contribution in [-0.2, 0) is 32.0 Å². The molecule has 1 amide bonds. The number of furan rings is 1. The highest BCUT2D eigenvalue weighted by Crippen LogP contribution is 2.39. The standard InChI is InChI=1S/C27H30N2O7/c1-6-17-15-22(32-2)24(23(16-17)33-3)19-11-9-18(10-12-19)14-20(27(31)34-4)28-26(30)25(29-35-5)21-8-7-13-36-21/h7-13,15-16,20H,6,14H2,1-5H3,(H,28,30)/t20-/m0/s1. The van der Waals surface area contributed by atoms with Gasteiger partial charge in [0.05, 0.1) is 33.2 Å². The minimum atomic E-state index is -0.960. The molecule has 0 unspecified atom stereocenters. The zero-order valence-corrected chi connectivity index (χ0v) is 21.0. The van der Waals surface area contributed by atoms with Crippen LogP contribution in [0.2, 0.25) is 0 Å². The predicted molar refractivity (Wildman–Crippen MR) is 134 cm³/mol. The van der Waals surface area contributed by atoms with Crippen LogP contribution >= 0.6 is 0 Å². The third-order valence-electron chi connectivity index (χ3n) is 5.60. The molecular formula is C27H30N2O7. The number of nitrogens with zero attached hydrogens (tertiary/aromatic N) is 1. The molecule has 0 fully saturated rings. The molecule has 0 aliphatic rings. The summed E-state index contributed by atoms with van der Waals surface area (Å²) in [7, 11) is 5.83. The van der Waals surface area contributed by atoms with E-state index in [1.165, 1.54) is 20.5 Å². The summed E-state index contributed by atoms with van der Waals surface area (Å²) < 4.78 is 21.4. The van der Waals surface area contributed by atoms with Crippen LogP contribution in [0.25, 0.3) is 11.1 Å². The lowest BCUT2D eigenvalue weighted by Crippen LogP contribution is -2.46. The SMILES string of the molecule is CCc1cc(OC)c(-c2ccc(C[C@H](NC(=O)C(=NOC)c3ccco3)C(=O)OC)cc2)c(OC)c1. The third-order valence-corrected chi connectivity index (χ3v) is 5.60. The molecule has 0 radical (unpaired) electrons. The first-order valence-corrected chi connectivity index (χ1v) is 11.3. The highest BCUT2D eigenvalue weighted by molar-refractivity contribution is 6.44. The first-order chi connectivity index (χ1) is 17.4. The number of hydrogen-bond acceptors (Lipinski definition) is 8. The predicted octanol–water partition coefficient (Wildman–Crippen LogP) is 3.78. The summed E-state index contributed by atoms with van der Waals surface area (Å²) in [5, 5.41) is 6.40. The van der Waals surface area contributed by atoms with Crippen molar-refractivity contribution in [3.8, 4) is 22.6 Å². The second kappa shape index (κ2) is 12.4. The van der Waals surface area contributed by atoms with E-state index in [1.54, 1.807) is 26.4 Å². The molecule has 1 heterocycles. The number of amides is 1. The Morgan fingerprint density at radius 1 is 0.972 bits per heavy atom. The number of benzene rings is 2. The molecule has 0 bridgehead atoms. The van der Waals surface area contributed by atoms with Crippen LogP contribution in [0, 0.1) is 0 Å². The monoisotopic (exact) mass is 494 g/mol. The van der Waals surface area contributed by atoms with Gasteiger partial charge in [0.25, 0.3) is 5.91 Å². The molecule has 36 heavy (non-hydrogen) atoms. The Morgan fingerprint density at radius 3 is 2.14 bits per heavy atom. The van der Waals surface area contributed by atoms with Crippen molar-refractivity contribution in [1.29, 1.82) is 0 Å². The first kappa shape index (κ1) is 26.3. The molecule has 0 aliphatic carbocycles. The first-order valence-electron chi connectivity index (χ1n) is 11.3.